The SMILES string of the molecule is COCC(O)CN(C)c1nccn(C2CC2)c1=O. The summed E-state index contributed by atoms with van der Waals surface area (Å²) in [6.07, 6.45) is 4.84. The van der Waals surface area contributed by atoms with Crippen molar-refractivity contribution in [3.63, 3.8) is 0 Å². The zero-order valence-electron chi connectivity index (χ0n) is 10.7. The Bertz CT molecular complexity index is 456. The van der Waals surface area contributed by atoms with Crippen molar-refractivity contribution in [1.82, 2.24) is 9.55 Å². The van der Waals surface area contributed by atoms with E-state index in [2.05, 4.69) is 4.98 Å². The molecule has 2 rings (SSSR count). The lowest BCUT2D eigenvalue weighted by molar-refractivity contribution is 0.0694. The van der Waals surface area contributed by atoms with Crippen molar-refractivity contribution in [2.24, 2.45) is 0 Å². The van der Waals surface area contributed by atoms with Crippen molar-refractivity contribution in [3.05, 3.63) is 22.7 Å². The van der Waals surface area contributed by atoms with Gasteiger partial charge in [0.15, 0.2) is 5.82 Å². The van der Waals surface area contributed by atoms with Gasteiger partial charge in [-0.25, -0.2) is 4.98 Å². The minimum Gasteiger partial charge on any atom is -0.389 e. The Labute approximate surface area is 106 Å². The van der Waals surface area contributed by atoms with Gasteiger partial charge in [0, 0.05) is 39.1 Å². The molecule has 1 aliphatic rings. The normalized spacial score (nSPS) is 16.6. The second-order valence-electron chi connectivity index (χ2n) is 4.68. The summed E-state index contributed by atoms with van der Waals surface area (Å²) in [5.41, 5.74) is -0.0906. The second-order valence-corrected chi connectivity index (χ2v) is 4.68. The van der Waals surface area contributed by atoms with E-state index >= 15 is 0 Å². The maximum absolute atomic E-state index is 12.2. The fraction of sp³-hybridized carbons (Fsp3) is 0.667. The number of anilines is 1. The molecule has 1 saturated carbocycles. The van der Waals surface area contributed by atoms with Crippen molar-refractivity contribution in [3.8, 4) is 0 Å². The number of aliphatic hydroxyl groups is 1. The van der Waals surface area contributed by atoms with Crippen molar-refractivity contribution in [1.29, 1.82) is 0 Å². The van der Waals surface area contributed by atoms with Gasteiger partial charge in [-0.1, -0.05) is 0 Å². The monoisotopic (exact) mass is 253 g/mol. The fourth-order valence-corrected chi connectivity index (χ4v) is 1.96. The molecule has 1 atom stereocenters. The van der Waals surface area contributed by atoms with Crippen molar-refractivity contribution < 1.29 is 9.84 Å². The second kappa shape index (κ2) is 5.49. The predicted molar refractivity (Wildman–Crippen MR) is 67.9 cm³/mol. The van der Waals surface area contributed by atoms with E-state index in [0.29, 0.717) is 18.4 Å². The van der Waals surface area contributed by atoms with Crippen LogP contribution in [0.4, 0.5) is 5.82 Å². The molecule has 0 bridgehead atoms. The fourth-order valence-electron chi connectivity index (χ4n) is 1.96. The number of nitrogens with zero attached hydrogens (tertiary/aromatic N) is 3. The molecule has 18 heavy (non-hydrogen) atoms. The first kappa shape index (κ1) is 13.0. The highest BCUT2D eigenvalue weighted by molar-refractivity contribution is 5.34. The van der Waals surface area contributed by atoms with E-state index in [1.165, 1.54) is 7.11 Å². The molecule has 100 valence electrons. The number of rotatable bonds is 6. The number of methoxy groups -OCH3 is 1. The van der Waals surface area contributed by atoms with Gasteiger partial charge in [-0.05, 0) is 12.8 Å². The molecule has 6 nitrogen and oxygen atoms in total. The third-order valence-electron chi connectivity index (χ3n) is 3.00. The third kappa shape index (κ3) is 2.88. The smallest absolute Gasteiger partial charge is 0.293 e. The molecular formula is C12H19N3O3. The molecule has 6 heteroatoms. The Morgan fingerprint density at radius 1 is 1.67 bits per heavy atom. The summed E-state index contributed by atoms with van der Waals surface area (Å²) in [7, 11) is 3.28. The van der Waals surface area contributed by atoms with Crippen LogP contribution in [0.5, 0.6) is 0 Å². The van der Waals surface area contributed by atoms with Gasteiger partial charge >= 0.3 is 0 Å². The summed E-state index contributed by atoms with van der Waals surface area (Å²) in [5, 5.41) is 9.66. The average Bonchev–Trinajstić information content (AvgIpc) is 3.13. The predicted octanol–water partition coefficient (Wildman–Crippen LogP) is 0.0217. The van der Waals surface area contributed by atoms with E-state index in [-0.39, 0.29) is 12.2 Å². The van der Waals surface area contributed by atoms with Gasteiger partial charge in [-0.2, -0.15) is 0 Å². The Kier molecular flexibility index (Phi) is 3.98. The number of aliphatic hydroxyl groups excluding tert-OH is 1. The third-order valence-corrected chi connectivity index (χ3v) is 3.00. The van der Waals surface area contributed by atoms with Gasteiger partial charge in [-0.15, -0.1) is 0 Å². The van der Waals surface area contributed by atoms with Gasteiger partial charge in [0.1, 0.15) is 0 Å². The Morgan fingerprint density at radius 3 is 3.00 bits per heavy atom. The highest BCUT2D eigenvalue weighted by Crippen LogP contribution is 2.33. The van der Waals surface area contributed by atoms with E-state index in [9.17, 15) is 9.90 Å². The van der Waals surface area contributed by atoms with Crippen LogP contribution in [0.2, 0.25) is 0 Å². The summed E-state index contributed by atoms with van der Waals surface area (Å²) in [5.74, 6) is 0.375. The molecule has 0 aromatic carbocycles. The van der Waals surface area contributed by atoms with Crippen LogP contribution in [-0.4, -0.2) is 48.1 Å². The maximum atomic E-state index is 12.2. The van der Waals surface area contributed by atoms with E-state index < -0.39 is 6.10 Å². The van der Waals surface area contributed by atoms with Crippen LogP contribution < -0.4 is 10.5 Å². The molecule has 0 spiro atoms. The van der Waals surface area contributed by atoms with Gasteiger partial charge in [0.05, 0.1) is 12.7 Å². The molecule has 1 heterocycles. The average molecular weight is 253 g/mol. The standard InChI is InChI=1S/C12H19N3O3/c1-14(7-10(16)8-18-2)11-12(17)15(6-5-13-11)9-3-4-9/h5-6,9-10,16H,3-4,7-8H2,1-2H3. The van der Waals surface area contributed by atoms with Crippen LogP contribution in [0.25, 0.3) is 0 Å². The lowest BCUT2D eigenvalue weighted by atomic mass is 10.3. The van der Waals surface area contributed by atoms with E-state index in [4.69, 9.17) is 4.74 Å². The molecule has 0 radical (unpaired) electrons. The number of aromatic nitrogens is 2. The molecule has 1 fully saturated rings. The molecule has 0 saturated heterocycles. The lowest BCUT2D eigenvalue weighted by Crippen LogP contribution is -2.37. The van der Waals surface area contributed by atoms with Crippen LogP contribution >= 0.6 is 0 Å². The van der Waals surface area contributed by atoms with Crippen LogP contribution in [0.1, 0.15) is 18.9 Å². The quantitative estimate of drug-likeness (QED) is 0.774. The van der Waals surface area contributed by atoms with E-state index in [1.807, 2.05) is 0 Å². The molecule has 1 aromatic rings. The van der Waals surface area contributed by atoms with Gasteiger partial charge < -0.3 is 19.3 Å². The maximum Gasteiger partial charge on any atom is 0.293 e. The molecule has 1 N–H and O–H groups in total. The van der Waals surface area contributed by atoms with Crippen LogP contribution in [0.15, 0.2) is 17.2 Å². The highest BCUT2D eigenvalue weighted by atomic mass is 16.5. The Morgan fingerprint density at radius 2 is 2.39 bits per heavy atom. The van der Waals surface area contributed by atoms with Gasteiger partial charge in [0.2, 0.25) is 0 Å². The van der Waals surface area contributed by atoms with Crippen molar-refractivity contribution in [2.75, 3.05) is 32.2 Å². The molecule has 0 aliphatic heterocycles. The number of ether oxygens (including phenoxy) is 1. The molecule has 1 aliphatic carbocycles. The van der Waals surface area contributed by atoms with Crippen LogP contribution in [-0.2, 0) is 4.74 Å². The summed E-state index contributed by atoms with van der Waals surface area (Å²) in [4.78, 5) is 18.0. The van der Waals surface area contributed by atoms with Crippen LogP contribution in [0, 0.1) is 0 Å². The summed E-state index contributed by atoms with van der Waals surface area (Å²) in [6, 6.07) is 0.330. The minimum atomic E-state index is -0.629. The highest BCUT2D eigenvalue weighted by Gasteiger charge is 2.26. The zero-order chi connectivity index (χ0) is 13.1. The summed E-state index contributed by atoms with van der Waals surface area (Å²) in [6.45, 7) is 0.568. The first-order chi connectivity index (χ1) is 8.63. The van der Waals surface area contributed by atoms with Crippen LogP contribution in [0.3, 0.4) is 0 Å². The first-order valence-electron chi connectivity index (χ1n) is 6.08. The van der Waals surface area contributed by atoms with Gasteiger partial charge in [0.25, 0.3) is 5.56 Å². The van der Waals surface area contributed by atoms with E-state index in [1.54, 1.807) is 28.9 Å². The molecule has 1 aromatic heterocycles. The topological polar surface area (TPSA) is 67.6 Å². The van der Waals surface area contributed by atoms with Crippen molar-refractivity contribution >= 4 is 5.82 Å². The number of hydrogen-bond acceptors (Lipinski definition) is 5. The minimum absolute atomic E-state index is 0.0906. The summed E-state index contributed by atoms with van der Waals surface area (Å²) < 4.78 is 6.59. The van der Waals surface area contributed by atoms with Crippen molar-refractivity contribution in [2.45, 2.75) is 25.0 Å². The lowest BCUT2D eigenvalue weighted by Gasteiger charge is -2.21. The largest absolute Gasteiger partial charge is 0.389 e. The Hall–Kier alpha value is -1.40. The Balaban J connectivity index is 2.12. The molecular weight excluding hydrogens is 234 g/mol. The van der Waals surface area contributed by atoms with Gasteiger partial charge in [-0.3, -0.25) is 4.79 Å². The molecule has 0 amide bonds. The molecule has 1 unspecified atom stereocenters. The number of likely N-dealkylation sites (N-methyl/N-ethyl adjacent to an activating group) is 1. The summed E-state index contributed by atoms with van der Waals surface area (Å²) >= 11 is 0. The zero-order valence-corrected chi connectivity index (χ0v) is 10.7. The first-order valence-corrected chi connectivity index (χ1v) is 6.08. The number of hydrogen-bond donors (Lipinski definition) is 1. The van der Waals surface area contributed by atoms with E-state index in [0.717, 1.165) is 12.8 Å².